The second-order valence-electron chi connectivity index (χ2n) is 2.96. The van der Waals surface area contributed by atoms with Crippen molar-refractivity contribution in [3.63, 3.8) is 0 Å². The Morgan fingerprint density at radius 1 is 0.842 bits per heavy atom. The molecule has 0 radical (unpaired) electrons. The molecule has 0 aliphatic heterocycles. The first-order valence-electron chi connectivity index (χ1n) is 8.00. The number of hydrogen-bond donors (Lipinski definition) is 0. The molecule has 0 heterocycles. The van der Waals surface area contributed by atoms with Gasteiger partial charge in [0, 0.05) is 0 Å². The molecule has 0 aliphatic rings. The van der Waals surface area contributed by atoms with Crippen LogP contribution in [0.15, 0.2) is 30.8 Å². The topological polar surface area (TPSA) is 0 Å². The Labute approximate surface area is 124 Å². The first-order valence-corrected chi connectivity index (χ1v) is 8.00. The van der Waals surface area contributed by atoms with E-state index in [4.69, 9.17) is 0 Å². The fourth-order valence-corrected chi connectivity index (χ4v) is 1.06. The lowest BCUT2D eigenvalue weighted by molar-refractivity contribution is 1.09. The van der Waals surface area contributed by atoms with Crippen LogP contribution < -0.4 is 0 Å². The molecule has 0 unspecified atom stereocenters. The maximum absolute atomic E-state index is 3.74. The van der Waals surface area contributed by atoms with E-state index >= 15 is 0 Å². The average molecular weight is 267 g/mol. The SMILES string of the molecule is C=Cc1ccccc1CC.CC.CC.CC.CCC. The Kier molecular flexibility index (Phi) is 42.1. The zero-order chi connectivity index (χ0) is 16.1. The fourth-order valence-electron chi connectivity index (χ4n) is 1.06. The third kappa shape index (κ3) is 19.5. The van der Waals surface area contributed by atoms with E-state index in [0.717, 1.165) is 6.42 Å². The molecule has 0 bridgehead atoms. The van der Waals surface area contributed by atoms with Crippen LogP contribution in [0, 0.1) is 0 Å². The normalized spacial score (nSPS) is 6.79. The lowest BCUT2D eigenvalue weighted by Crippen LogP contribution is -1.83. The smallest absolute Gasteiger partial charge is 0.0231 e. The van der Waals surface area contributed by atoms with Gasteiger partial charge in [0.25, 0.3) is 0 Å². The molecule has 114 valence electrons. The summed E-state index contributed by atoms with van der Waals surface area (Å²) in [5.41, 5.74) is 2.63. The summed E-state index contributed by atoms with van der Waals surface area (Å²) in [6, 6.07) is 8.32. The maximum atomic E-state index is 3.74. The summed E-state index contributed by atoms with van der Waals surface area (Å²) in [4.78, 5) is 0. The summed E-state index contributed by atoms with van der Waals surface area (Å²) in [5, 5.41) is 0. The molecule has 0 atom stereocenters. The van der Waals surface area contributed by atoms with Crippen molar-refractivity contribution in [1.29, 1.82) is 0 Å². The van der Waals surface area contributed by atoms with E-state index in [2.05, 4.69) is 45.5 Å². The third-order valence-corrected chi connectivity index (χ3v) is 1.66. The highest BCUT2D eigenvalue weighted by Crippen LogP contribution is 2.09. The second kappa shape index (κ2) is 30.2. The first kappa shape index (κ1) is 26.5. The van der Waals surface area contributed by atoms with Crippen molar-refractivity contribution in [2.24, 2.45) is 0 Å². The maximum Gasteiger partial charge on any atom is -0.0231 e. The van der Waals surface area contributed by atoms with Gasteiger partial charge >= 0.3 is 0 Å². The lowest BCUT2D eigenvalue weighted by atomic mass is 10.1. The molecule has 0 nitrogen and oxygen atoms in total. The minimum absolute atomic E-state index is 1.09. The Bertz CT molecular complexity index is 236. The molecule has 0 aliphatic carbocycles. The number of aryl methyl sites for hydroxylation is 1. The Morgan fingerprint density at radius 2 is 1.21 bits per heavy atom. The zero-order valence-electron chi connectivity index (χ0n) is 15.0. The zero-order valence-corrected chi connectivity index (χ0v) is 15.0. The number of hydrogen-bond acceptors (Lipinski definition) is 0. The molecule has 1 rings (SSSR count). The van der Waals surface area contributed by atoms with Gasteiger partial charge in [-0.05, 0) is 17.5 Å². The highest BCUT2D eigenvalue weighted by Gasteiger charge is 1.91. The monoisotopic (exact) mass is 266 g/mol. The quantitative estimate of drug-likeness (QED) is 0.523. The summed E-state index contributed by atoms with van der Waals surface area (Å²) in [6.45, 7) is 22.1. The van der Waals surface area contributed by atoms with Crippen LogP contribution in [0.3, 0.4) is 0 Å². The molecule has 0 saturated carbocycles. The molecule has 0 N–H and O–H groups in total. The van der Waals surface area contributed by atoms with Crippen molar-refractivity contribution in [2.75, 3.05) is 0 Å². The van der Waals surface area contributed by atoms with E-state index in [9.17, 15) is 0 Å². The molecular formula is C19H38. The van der Waals surface area contributed by atoms with Gasteiger partial charge in [0.1, 0.15) is 0 Å². The van der Waals surface area contributed by atoms with Crippen molar-refractivity contribution < 1.29 is 0 Å². The van der Waals surface area contributed by atoms with Crippen LogP contribution in [0.1, 0.15) is 79.9 Å². The molecule has 0 aromatic heterocycles. The van der Waals surface area contributed by atoms with Crippen LogP contribution >= 0.6 is 0 Å². The molecule has 0 amide bonds. The van der Waals surface area contributed by atoms with Crippen molar-refractivity contribution in [1.82, 2.24) is 0 Å². The molecule has 0 heteroatoms. The highest BCUT2D eigenvalue weighted by atomic mass is 14.0. The predicted octanol–water partition coefficient (Wildman–Crippen LogP) is 7.39. The van der Waals surface area contributed by atoms with Crippen LogP contribution in [-0.2, 0) is 6.42 Å². The summed E-state index contributed by atoms with van der Waals surface area (Å²) in [6.07, 6.45) is 4.24. The largest absolute Gasteiger partial charge is 0.0985 e. The van der Waals surface area contributed by atoms with Crippen LogP contribution in [0.4, 0.5) is 0 Å². The van der Waals surface area contributed by atoms with Crippen molar-refractivity contribution >= 4 is 6.08 Å². The van der Waals surface area contributed by atoms with Gasteiger partial charge in [0.2, 0.25) is 0 Å². The first-order chi connectivity index (χ1) is 9.29. The molecule has 0 fully saturated rings. The van der Waals surface area contributed by atoms with Gasteiger partial charge in [-0.15, -0.1) is 0 Å². The minimum atomic E-state index is 1.09. The van der Waals surface area contributed by atoms with E-state index in [-0.39, 0.29) is 0 Å². The van der Waals surface area contributed by atoms with E-state index in [1.165, 1.54) is 17.5 Å². The van der Waals surface area contributed by atoms with Crippen LogP contribution in [0.5, 0.6) is 0 Å². The molecular weight excluding hydrogens is 228 g/mol. The van der Waals surface area contributed by atoms with Gasteiger partial charge in [-0.2, -0.15) is 0 Å². The van der Waals surface area contributed by atoms with Gasteiger partial charge in [0.15, 0.2) is 0 Å². The van der Waals surface area contributed by atoms with Crippen LogP contribution in [-0.4, -0.2) is 0 Å². The summed E-state index contributed by atoms with van der Waals surface area (Å²) >= 11 is 0. The summed E-state index contributed by atoms with van der Waals surface area (Å²) < 4.78 is 0. The molecule has 0 spiro atoms. The second-order valence-corrected chi connectivity index (χ2v) is 2.96. The highest BCUT2D eigenvalue weighted by molar-refractivity contribution is 5.51. The Balaban J connectivity index is -0.000000106. The third-order valence-electron chi connectivity index (χ3n) is 1.66. The standard InChI is InChI=1S/C10H12.C3H8.3C2H6/c1-3-9-7-5-6-8-10(9)4-2;1-3-2;3*1-2/h3,5-8H,1,4H2,2H3;3H2,1-2H3;3*1-2H3. The van der Waals surface area contributed by atoms with E-state index in [1.807, 2.05) is 53.7 Å². The Morgan fingerprint density at radius 3 is 1.47 bits per heavy atom. The molecule has 1 aromatic rings. The summed E-state index contributed by atoms with van der Waals surface area (Å²) in [5.74, 6) is 0. The van der Waals surface area contributed by atoms with Crippen molar-refractivity contribution in [3.05, 3.63) is 42.0 Å². The van der Waals surface area contributed by atoms with Gasteiger partial charge in [-0.1, -0.05) is 106 Å². The lowest BCUT2D eigenvalue weighted by Gasteiger charge is -1.99. The van der Waals surface area contributed by atoms with E-state index in [0.29, 0.717) is 0 Å². The van der Waals surface area contributed by atoms with Gasteiger partial charge < -0.3 is 0 Å². The number of rotatable bonds is 2. The number of benzene rings is 1. The van der Waals surface area contributed by atoms with Crippen LogP contribution in [0.2, 0.25) is 0 Å². The summed E-state index contributed by atoms with van der Waals surface area (Å²) in [7, 11) is 0. The fraction of sp³-hybridized carbons (Fsp3) is 0.579. The molecule has 1 aromatic carbocycles. The molecule has 0 saturated heterocycles. The predicted molar refractivity (Wildman–Crippen MR) is 95.9 cm³/mol. The minimum Gasteiger partial charge on any atom is -0.0985 e. The molecule has 19 heavy (non-hydrogen) atoms. The van der Waals surface area contributed by atoms with E-state index < -0.39 is 0 Å². The average Bonchev–Trinajstić information content (AvgIpc) is 2.54. The van der Waals surface area contributed by atoms with Gasteiger partial charge in [-0.25, -0.2) is 0 Å². The Hall–Kier alpha value is -1.04. The van der Waals surface area contributed by atoms with E-state index in [1.54, 1.807) is 0 Å². The van der Waals surface area contributed by atoms with Crippen LogP contribution in [0.25, 0.3) is 6.08 Å². The van der Waals surface area contributed by atoms with Gasteiger partial charge in [-0.3, -0.25) is 0 Å². The van der Waals surface area contributed by atoms with Crippen molar-refractivity contribution in [3.8, 4) is 0 Å². The van der Waals surface area contributed by atoms with Gasteiger partial charge in [0.05, 0.1) is 0 Å². The van der Waals surface area contributed by atoms with Crippen molar-refractivity contribution in [2.45, 2.75) is 75.2 Å².